The van der Waals surface area contributed by atoms with Crippen LogP contribution in [0.25, 0.3) is 0 Å². The van der Waals surface area contributed by atoms with E-state index in [1.807, 2.05) is 13.8 Å². The lowest BCUT2D eigenvalue weighted by atomic mass is 10.2. The Hall–Kier alpha value is -2.20. The van der Waals surface area contributed by atoms with Crippen molar-refractivity contribution in [3.8, 4) is 17.2 Å². The first-order chi connectivity index (χ1) is 10.6. The third-order valence-electron chi connectivity index (χ3n) is 2.85. The average molecular weight is 321 g/mol. The highest BCUT2D eigenvalue weighted by atomic mass is 35.5. The normalized spacial score (nSPS) is 10.1. The standard InChI is InChI=1S/C17H17ClO4/c1-3-20-14-5-7-15(8-6-14)21-11-17(19)22-16-9-4-13(18)10-12(16)2/h4-10H,3,11H2,1-2H3. The number of rotatable bonds is 6. The van der Waals surface area contributed by atoms with E-state index in [1.165, 1.54) is 0 Å². The molecule has 0 aliphatic carbocycles. The maximum absolute atomic E-state index is 11.8. The van der Waals surface area contributed by atoms with Crippen LogP contribution >= 0.6 is 11.6 Å². The van der Waals surface area contributed by atoms with E-state index in [-0.39, 0.29) is 6.61 Å². The van der Waals surface area contributed by atoms with Crippen molar-refractivity contribution >= 4 is 17.6 Å². The fourth-order valence-electron chi connectivity index (χ4n) is 1.82. The number of halogens is 1. The monoisotopic (exact) mass is 320 g/mol. The molecule has 0 saturated heterocycles. The van der Waals surface area contributed by atoms with Crippen LogP contribution in [0.3, 0.4) is 0 Å². The number of aryl methyl sites for hydroxylation is 1. The molecule has 4 nitrogen and oxygen atoms in total. The van der Waals surface area contributed by atoms with Gasteiger partial charge in [0.05, 0.1) is 6.61 Å². The van der Waals surface area contributed by atoms with Crippen molar-refractivity contribution in [3.63, 3.8) is 0 Å². The van der Waals surface area contributed by atoms with Gasteiger partial charge in [0.15, 0.2) is 6.61 Å². The zero-order valence-electron chi connectivity index (χ0n) is 12.5. The Labute approximate surface area is 134 Å². The molecule has 2 aromatic carbocycles. The molecule has 2 rings (SSSR count). The van der Waals surface area contributed by atoms with Gasteiger partial charge < -0.3 is 14.2 Å². The van der Waals surface area contributed by atoms with Gasteiger partial charge in [-0.2, -0.15) is 0 Å². The molecule has 5 heteroatoms. The van der Waals surface area contributed by atoms with Gasteiger partial charge in [-0.15, -0.1) is 0 Å². The zero-order chi connectivity index (χ0) is 15.9. The van der Waals surface area contributed by atoms with Crippen LogP contribution < -0.4 is 14.2 Å². The molecular weight excluding hydrogens is 304 g/mol. The first kappa shape index (κ1) is 16.2. The molecule has 0 aliphatic rings. The van der Waals surface area contributed by atoms with E-state index in [4.69, 9.17) is 25.8 Å². The van der Waals surface area contributed by atoms with Crippen LogP contribution in [0.4, 0.5) is 0 Å². The van der Waals surface area contributed by atoms with Crippen LogP contribution in [0, 0.1) is 6.92 Å². The fourth-order valence-corrected chi connectivity index (χ4v) is 2.05. The largest absolute Gasteiger partial charge is 0.494 e. The highest BCUT2D eigenvalue weighted by Gasteiger charge is 2.09. The maximum atomic E-state index is 11.8. The van der Waals surface area contributed by atoms with Gasteiger partial charge in [0.2, 0.25) is 0 Å². The van der Waals surface area contributed by atoms with Crippen LogP contribution in [-0.4, -0.2) is 19.2 Å². The SMILES string of the molecule is CCOc1ccc(OCC(=O)Oc2ccc(Cl)cc2C)cc1. The van der Waals surface area contributed by atoms with Crippen LogP contribution in [0.2, 0.25) is 5.02 Å². The average Bonchev–Trinajstić information content (AvgIpc) is 2.50. The Morgan fingerprint density at radius 2 is 1.68 bits per heavy atom. The van der Waals surface area contributed by atoms with E-state index in [9.17, 15) is 4.79 Å². The Balaban J connectivity index is 1.87. The van der Waals surface area contributed by atoms with Crippen LogP contribution in [0.5, 0.6) is 17.2 Å². The van der Waals surface area contributed by atoms with Crippen molar-refractivity contribution in [1.82, 2.24) is 0 Å². The fraction of sp³-hybridized carbons (Fsp3) is 0.235. The molecular formula is C17H17ClO4. The summed E-state index contributed by atoms with van der Waals surface area (Å²) in [4.78, 5) is 11.8. The quantitative estimate of drug-likeness (QED) is 0.595. The Kier molecular flexibility index (Phi) is 5.67. The van der Waals surface area contributed by atoms with E-state index in [0.717, 1.165) is 11.3 Å². The Morgan fingerprint density at radius 1 is 1.05 bits per heavy atom. The number of carbonyl (C=O) groups is 1. The molecule has 116 valence electrons. The van der Waals surface area contributed by atoms with Crippen molar-refractivity contribution < 1.29 is 19.0 Å². The number of hydrogen-bond acceptors (Lipinski definition) is 4. The number of benzene rings is 2. The zero-order valence-corrected chi connectivity index (χ0v) is 13.2. The van der Waals surface area contributed by atoms with Crippen molar-refractivity contribution in [2.45, 2.75) is 13.8 Å². The summed E-state index contributed by atoms with van der Waals surface area (Å²) in [7, 11) is 0. The van der Waals surface area contributed by atoms with E-state index in [2.05, 4.69) is 0 Å². The summed E-state index contributed by atoms with van der Waals surface area (Å²) in [6, 6.07) is 12.1. The van der Waals surface area contributed by atoms with Gasteiger partial charge in [-0.1, -0.05) is 11.6 Å². The minimum absolute atomic E-state index is 0.171. The third kappa shape index (κ3) is 4.67. The predicted molar refractivity (Wildman–Crippen MR) is 84.9 cm³/mol. The highest BCUT2D eigenvalue weighted by molar-refractivity contribution is 6.30. The molecule has 0 heterocycles. The second-order valence-corrected chi connectivity index (χ2v) is 5.01. The summed E-state index contributed by atoms with van der Waals surface area (Å²) in [5.41, 5.74) is 0.793. The maximum Gasteiger partial charge on any atom is 0.349 e. The van der Waals surface area contributed by atoms with Crippen molar-refractivity contribution in [1.29, 1.82) is 0 Å². The smallest absolute Gasteiger partial charge is 0.349 e. The Morgan fingerprint density at radius 3 is 2.27 bits per heavy atom. The summed E-state index contributed by atoms with van der Waals surface area (Å²) in [6.45, 7) is 4.17. The number of ether oxygens (including phenoxy) is 3. The molecule has 0 spiro atoms. The van der Waals surface area contributed by atoms with Crippen LogP contribution in [0.15, 0.2) is 42.5 Å². The third-order valence-corrected chi connectivity index (χ3v) is 3.09. The van der Waals surface area contributed by atoms with Gasteiger partial charge in [0, 0.05) is 5.02 Å². The lowest BCUT2D eigenvalue weighted by Gasteiger charge is -2.09. The molecule has 0 radical (unpaired) electrons. The second kappa shape index (κ2) is 7.71. The lowest BCUT2D eigenvalue weighted by molar-refractivity contribution is -0.136. The van der Waals surface area contributed by atoms with E-state index in [0.29, 0.717) is 23.1 Å². The van der Waals surface area contributed by atoms with Gasteiger partial charge in [0.25, 0.3) is 0 Å². The van der Waals surface area contributed by atoms with Crippen LogP contribution in [0.1, 0.15) is 12.5 Å². The van der Waals surface area contributed by atoms with E-state index in [1.54, 1.807) is 42.5 Å². The molecule has 0 unspecified atom stereocenters. The number of esters is 1. The van der Waals surface area contributed by atoms with Crippen molar-refractivity contribution in [3.05, 3.63) is 53.1 Å². The van der Waals surface area contributed by atoms with Gasteiger partial charge in [-0.3, -0.25) is 0 Å². The molecule has 0 amide bonds. The molecule has 0 saturated carbocycles. The van der Waals surface area contributed by atoms with Gasteiger partial charge >= 0.3 is 5.97 Å². The lowest BCUT2D eigenvalue weighted by Crippen LogP contribution is -2.18. The Bertz CT molecular complexity index is 638. The van der Waals surface area contributed by atoms with Crippen molar-refractivity contribution in [2.75, 3.05) is 13.2 Å². The molecule has 0 N–H and O–H groups in total. The molecule has 2 aromatic rings. The number of carbonyl (C=O) groups excluding carboxylic acids is 1. The number of hydrogen-bond donors (Lipinski definition) is 0. The van der Waals surface area contributed by atoms with Gasteiger partial charge in [0.1, 0.15) is 17.2 Å². The minimum atomic E-state index is -0.473. The molecule has 0 fully saturated rings. The first-order valence-electron chi connectivity index (χ1n) is 6.91. The summed E-state index contributed by atoms with van der Waals surface area (Å²) in [6.07, 6.45) is 0. The van der Waals surface area contributed by atoms with E-state index >= 15 is 0 Å². The van der Waals surface area contributed by atoms with Gasteiger partial charge in [-0.25, -0.2) is 4.79 Å². The molecule has 0 aromatic heterocycles. The molecule has 0 bridgehead atoms. The van der Waals surface area contributed by atoms with Gasteiger partial charge in [-0.05, 0) is 61.9 Å². The van der Waals surface area contributed by atoms with Crippen molar-refractivity contribution in [2.24, 2.45) is 0 Å². The summed E-state index contributed by atoms with van der Waals surface area (Å²) in [5.74, 6) is 1.34. The molecule has 0 aliphatic heterocycles. The minimum Gasteiger partial charge on any atom is -0.494 e. The van der Waals surface area contributed by atoms with Crippen LogP contribution in [-0.2, 0) is 4.79 Å². The first-order valence-corrected chi connectivity index (χ1v) is 7.28. The van der Waals surface area contributed by atoms with E-state index < -0.39 is 5.97 Å². The molecule has 0 atom stereocenters. The summed E-state index contributed by atoms with van der Waals surface area (Å²) in [5, 5.41) is 0.600. The second-order valence-electron chi connectivity index (χ2n) is 4.58. The predicted octanol–water partition coefficient (Wildman–Crippen LogP) is 4.03. The topological polar surface area (TPSA) is 44.8 Å². The molecule has 22 heavy (non-hydrogen) atoms. The summed E-state index contributed by atoms with van der Waals surface area (Å²) >= 11 is 5.85. The summed E-state index contributed by atoms with van der Waals surface area (Å²) < 4.78 is 15.9. The highest BCUT2D eigenvalue weighted by Crippen LogP contribution is 2.22.